The number of alkyl halides is 5. The number of halogens is 5. The SMILES string of the molecule is CCCC1CCC(C)N1C(=O)c1nc(C(N)=O)sc1-c1cnc(NC(C2CC2)C(F)(F)F)cc1C(F)F.OC1CCCC1. The van der Waals surface area contributed by atoms with Crippen LogP contribution in [0, 0.1) is 5.92 Å². The molecule has 3 atom stereocenters. The van der Waals surface area contributed by atoms with Gasteiger partial charge in [0.05, 0.1) is 11.0 Å². The van der Waals surface area contributed by atoms with E-state index in [0.717, 1.165) is 50.8 Å². The van der Waals surface area contributed by atoms with Gasteiger partial charge < -0.3 is 21.1 Å². The number of anilines is 1. The summed E-state index contributed by atoms with van der Waals surface area (Å²) in [6.45, 7) is 3.88. The number of carbonyl (C=O) groups is 2. The third-order valence-corrected chi connectivity index (χ3v) is 9.28. The molecule has 3 unspecified atom stereocenters. The van der Waals surface area contributed by atoms with Crippen LogP contribution in [0.5, 0.6) is 0 Å². The van der Waals surface area contributed by atoms with Gasteiger partial charge in [-0.25, -0.2) is 18.7 Å². The molecule has 2 aromatic heterocycles. The molecule has 0 bridgehead atoms. The van der Waals surface area contributed by atoms with Gasteiger partial charge >= 0.3 is 6.18 Å². The number of nitrogens with one attached hydrogen (secondary N) is 1. The van der Waals surface area contributed by atoms with Crippen molar-refractivity contribution in [1.29, 1.82) is 0 Å². The molecular weight excluding hydrogens is 593 g/mol. The number of aliphatic hydroxyl groups excluding tert-OH is 1. The van der Waals surface area contributed by atoms with Crippen LogP contribution in [-0.4, -0.2) is 62.2 Å². The third kappa shape index (κ3) is 8.00. The number of thiazole rings is 1. The Hall–Kier alpha value is -2.87. The summed E-state index contributed by atoms with van der Waals surface area (Å²) in [5.41, 5.74) is 4.39. The van der Waals surface area contributed by atoms with E-state index in [2.05, 4.69) is 15.3 Å². The molecule has 1 saturated heterocycles. The Labute approximate surface area is 251 Å². The van der Waals surface area contributed by atoms with Crippen molar-refractivity contribution >= 4 is 29.0 Å². The highest BCUT2D eigenvalue weighted by molar-refractivity contribution is 7.17. The molecule has 43 heavy (non-hydrogen) atoms. The van der Waals surface area contributed by atoms with Crippen molar-refractivity contribution in [3.05, 3.63) is 28.5 Å². The van der Waals surface area contributed by atoms with Crippen LogP contribution in [0.3, 0.4) is 0 Å². The van der Waals surface area contributed by atoms with E-state index in [1.54, 1.807) is 4.90 Å². The molecule has 0 spiro atoms. The van der Waals surface area contributed by atoms with E-state index in [9.17, 15) is 31.5 Å². The minimum atomic E-state index is -4.57. The lowest BCUT2D eigenvalue weighted by molar-refractivity contribution is -0.146. The van der Waals surface area contributed by atoms with E-state index >= 15 is 0 Å². The molecule has 238 valence electrons. The van der Waals surface area contributed by atoms with Gasteiger partial charge in [-0.1, -0.05) is 26.2 Å². The largest absolute Gasteiger partial charge is 0.408 e. The second kappa shape index (κ2) is 13.8. The molecule has 2 saturated carbocycles. The molecule has 0 aromatic carbocycles. The smallest absolute Gasteiger partial charge is 0.393 e. The molecule has 8 nitrogen and oxygen atoms in total. The zero-order chi connectivity index (χ0) is 31.5. The summed E-state index contributed by atoms with van der Waals surface area (Å²) in [6.07, 6.45) is 1.85. The summed E-state index contributed by atoms with van der Waals surface area (Å²) in [6, 6.07) is -1.21. The molecular formula is C29H38F5N5O3S. The Kier molecular flexibility index (Phi) is 10.6. The van der Waals surface area contributed by atoms with E-state index in [1.807, 2.05) is 13.8 Å². The normalized spacial score (nSPS) is 21.6. The first-order valence-electron chi connectivity index (χ1n) is 14.7. The number of aromatic nitrogens is 2. The van der Waals surface area contributed by atoms with Crippen LogP contribution in [0.25, 0.3) is 10.4 Å². The van der Waals surface area contributed by atoms with Crippen molar-refractivity contribution in [3.63, 3.8) is 0 Å². The fourth-order valence-corrected chi connectivity index (χ4v) is 6.75. The van der Waals surface area contributed by atoms with Gasteiger partial charge in [0.1, 0.15) is 17.6 Å². The third-order valence-electron chi connectivity index (χ3n) is 8.17. The number of hydrogen-bond acceptors (Lipinski definition) is 7. The monoisotopic (exact) mass is 631 g/mol. The summed E-state index contributed by atoms with van der Waals surface area (Å²) in [5.74, 6) is -2.42. The number of carbonyl (C=O) groups excluding carboxylic acids is 2. The quantitative estimate of drug-likeness (QED) is 0.265. The van der Waals surface area contributed by atoms with Gasteiger partial charge in [-0.3, -0.25) is 9.59 Å². The Morgan fingerprint density at radius 3 is 2.35 bits per heavy atom. The van der Waals surface area contributed by atoms with Gasteiger partial charge in [0.15, 0.2) is 5.01 Å². The van der Waals surface area contributed by atoms with Crippen LogP contribution < -0.4 is 11.1 Å². The number of amides is 2. The average Bonchev–Trinajstić information content (AvgIpc) is 3.29. The van der Waals surface area contributed by atoms with E-state index in [4.69, 9.17) is 10.8 Å². The van der Waals surface area contributed by atoms with Crippen molar-refractivity contribution in [3.8, 4) is 10.4 Å². The Bertz CT molecular complexity index is 1280. The van der Waals surface area contributed by atoms with Crippen molar-refractivity contribution in [1.82, 2.24) is 14.9 Å². The molecule has 4 N–H and O–H groups in total. The lowest BCUT2D eigenvalue weighted by Crippen LogP contribution is -2.40. The van der Waals surface area contributed by atoms with Crippen LogP contribution in [0.15, 0.2) is 12.3 Å². The minimum absolute atomic E-state index is 0.0166. The van der Waals surface area contributed by atoms with Gasteiger partial charge in [0, 0.05) is 29.4 Å². The molecule has 3 fully saturated rings. The van der Waals surface area contributed by atoms with Crippen molar-refractivity contribution in [2.45, 2.75) is 115 Å². The number of hydrogen-bond donors (Lipinski definition) is 3. The van der Waals surface area contributed by atoms with E-state index in [0.29, 0.717) is 24.2 Å². The highest BCUT2D eigenvalue weighted by Gasteiger charge is 2.49. The summed E-state index contributed by atoms with van der Waals surface area (Å²) >= 11 is 0.687. The lowest BCUT2D eigenvalue weighted by atomic mass is 10.1. The zero-order valence-corrected chi connectivity index (χ0v) is 25.0. The fraction of sp³-hybridized carbons (Fsp3) is 0.655. The Morgan fingerprint density at radius 2 is 1.84 bits per heavy atom. The Balaban J connectivity index is 0.000000628. The highest BCUT2D eigenvalue weighted by Crippen LogP contribution is 2.43. The number of nitrogens with zero attached hydrogens (tertiary/aromatic N) is 3. The van der Waals surface area contributed by atoms with E-state index in [-0.39, 0.29) is 45.1 Å². The summed E-state index contributed by atoms with van der Waals surface area (Å²) in [7, 11) is 0. The van der Waals surface area contributed by atoms with Crippen LogP contribution >= 0.6 is 11.3 Å². The number of aliphatic hydroxyl groups is 1. The van der Waals surface area contributed by atoms with Crippen LogP contribution in [-0.2, 0) is 0 Å². The maximum absolute atomic E-state index is 14.2. The number of rotatable bonds is 9. The molecule has 14 heteroatoms. The first-order valence-corrected chi connectivity index (χ1v) is 15.6. The lowest BCUT2D eigenvalue weighted by Gasteiger charge is -2.28. The summed E-state index contributed by atoms with van der Waals surface area (Å²) in [4.78, 5) is 35.3. The molecule has 0 radical (unpaired) electrons. The van der Waals surface area contributed by atoms with Gasteiger partial charge in [-0.05, 0) is 63.9 Å². The maximum Gasteiger partial charge on any atom is 0.408 e. The first kappa shape index (κ1) is 33.0. The number of pyridine rings is 1. The van der Waals surface area contributed by atoms with Crippen LogP contribution in [0.2, 0.25) is 0 Å². The minimum Gasteiger partial charge on any atom is -0.393 e. The topological polar surface area (TPSA) is 121 Å². The number of primary amides is 1. The van der Waals surface area contributed by atoms with E-state index < -0.39 is 41.9 Å². The van der Waals surface area contributed by atoms with Crippen LogP contribution in [0.1, 0.15) is 110 Å². The van der Waals surface area contributed by atoms with Crippen molar-refractivity contribution in [2.75, 3.05) is 5.32 Å². The zero-order valence-electron chi connectivity index (χ0n) is 24.2. The standard InChI is InChI=1S/C24H28F5N5O2S.C5H10O/c1-3-4-13-8-5-11(2)34(13)23(36)17-18(37-22(33-17)21(30)35)15-10-31-16(9-14(15)20(25)26)32-19(12-6-7-12)24(27,28)29;6-5-3-1-2-4-5/h9-13,19-20H,3-8H2,1-2H3,(H2,30,35)(H,31,32);5-6H,1-4H2. The number of nitrogens with two attached hydrogens (primary N) is 1. The fourth-order valence-electron chi connectivity index (χ4n) is 5.81. The molecule has 3 aliphatic rings. The molecule has 5 rings (SSSR count). The predicted molar refractivity (Wildman–Crippen MR) is 153 cm³/mol. The second-order valence-electron chi connectivity index (χ2n) is 11.5. The molecule has 2 aliphatic carbocycles. The molecule has 3 heterocycles. The molecule has 1 aliphatic heterocycles. The van der Waals surface area contributed by atoms with Gasteiger partial charge in [-0.15, -0.1) is 11.3 Å². The van der Waals surface area contributed by atoms with Gasteiger partial charge in [0.2, 0.25) is 0 Å². The second-order valence-corrected chi connectivity index (χ2v) is 12.5. The maximum atomic E-state index is 14.2. The summed E-state index contributed by atoms with van der Waals surface area (Å²) < 4.78 is 68.7. The summed E-state index contributed by atoms with van der Waals surface area (Å²) in [5, 5.41) is 10.8. The molecule has 2 aromatic rings. The van der Waals surface area contributed by atoms with Crippen molar-refractivity contribution in [2.24, 2.45) is 11.7 Å². The number of likely N-dealkylation sites (tertiary alicyclic amines) is 1. The van der Waals surface area contributed by atoms with Crippen LogP contribution in [0.4, 0.5) is 27.8 Å². The van der Waals surface area contributed by atoms with Crippen molar-refractivity contribution < 1.29 is 36.6 Å². The average molecular weight is 632 g/mol. The molecule has 2 amide bonds. The first-order chi connectivity index (χ1) is 20.3. The predicted octanol–water partition coefficient (Wildman–Crippen LogP) is 6.71. The Morgan fingerprint density at radius 1 is 1.16 bits per heavy atom. The van der Waals surface area contributed by atoms with Gasteiger partial charge in [0.25, 0.3) is 18.2 Å². The highest BCUT2D eigenvalue weighted by atomic mass is 32.1. The van der Waals surface area contributed by atoms with Gasteiger partial charge in [-0.2, -0.15) is 13.2 Å². The van der Waals surface area contributed by atoms with E-state index in [1.165, 1.54) is 12.8 Å².